The fraction of sp³-hybridized carbons (Fsp3) is 0.333. The normalized spacial score (nSPS) is 15.3. The third-order valence-electron chi connectivity index (χ3n) is 2.13. The van der Waals surface area contributed by atoms with E-state index in [2.05, 4.69) is 5.92 Å². The molecule has 0 saturated heterocycles. The van der Waals surface area contributed by atoms with E-state index in [-0.39, 0.29) is 0 Å². The molecule has 0 amide bonds. The second kappa shape index (κ2) is 3.64. The minimum absolute atomic E-state index is 0.521. The molecule has 1 nitrogen and oxygen atoms in total. The summed E-state index contributed by atoms with van der Waals surface area (Å²) in [6, 6.07) is 7.95. The van der Waals surface area contributed by atoms with Crippen molar-refractivity contribution in [2.24, 2.45) is 0 Å². The van der Waals surface area contributed by atoms with Gasteiger partial charge < -0.3 is 4.74 Å². The van der Waals surface area contributed by atoms with E-state index in [0.717, 1.165) is 12.2 Å². The van der Waals surface area contributed by atoms with Crippen LogP contribution in [0, 0.1) is 12.3 Å². The molecule has 0 N–H and O–H groups in total. The van der Waals surface area contributed by atoms with Gasteiger partial charge in [0.15, 0.2) is 0 Å². The number of benzene rings is 1. The van der Waals surface area contributed by atoms with E-state index >= 15 is 0 Å². The molecule has 2 rings (SSSR count). The van der Waals surface area contributed by atoms with E-state index in [1.165, 1.54) is 18.4 Å². The third kappa shape index (κ3) is 2.34. The van der Waals surface area contributed by atoms with Gasteiger partial charge >= 0.3 is 0 Å². The summed E-state index contributed by atoms with van der Waals surface area (Å²) in [6.45, 7) is 0.718. The Hall–Kier alpha value is -1.26. The van der Waals surface area contributed by atoms with Crippen LogP contribution in [0.2, 0.25) is 0 Å². The lowest BCUT2D eigenvalue weighted by molar-refractivity contribution is 0.106. The van der Waals surface area contributed by atoms with Gasteiger partial charge in [0, 0.05) is 5.56 Å². The second-order valence-corrected chi connectivity index (χ2v) is 3.35. The molecule has 13 heavy (non-hydrogen) atoms. The van der Waals surface area contributed by atoms with Gasteiger partial charge in [-0.3, -0.25) is 0 Å². The van der Waals surface area contributed by atoms with Crippen molar-refractivity contribution >= 4 is 0 Å². The maximum absolute atomic E-state index is 5.56. The van der Waals surface area contributed by atoms with Crippen LogP contribution in [0.5, 0.6) is 0 Å². The van der Waals surface area contributed by atoms with E-state index in [0.29, 0.717) is 6.10 Å². The van der Waals surface area contributed by atoms with Gasteiger partial charge in [0.2, 0.25) is 0 Å². The molecule has 0 radical (unpaired) electrons. The van der Waals surface area contributed by atoms with Crippen molar-refractivity contribution in [1.82, 2.24) is 0 Å². The fourth-order valence-electron chi connectivity index (χ4n) is 1.15. The molecule has 0 bridgehead atoms. The minimum Gasteiger partial charge on any atom is -0.374 e. The summed E-state index contributed by atoms with van der Waals surface area (Å²) in [5.41, 5.74) is 2.13. The quantitative estimate of drug-likeness (QED) is 0.636. The third-order valence-corrected chi connectivity index (χ3v) is 2.13. The molecule has 1 aromatic carbocycles. The number of hydrogen-bond donors (Lipinski definition) is 0. The lowest BCUT2D eigenvalue weighted by atomic mass is 10.1. The first-order valence-corrected chi connectivity index (χ1v) is 4.55. The Morgan fingerprint density at radius 1 is 1.31 bits per heavy atom. The van der Waals surface area contributed by atoms with E-state index in [1.807, 2.05) is 24.3 Å². The summed E-state index contributed by atoms with van der Waals surface area (Å²) in [5.74, 6) is 2.59. The molecule has 1 aromatic rings. The van der Waals surface area contributed by atoms with Gasteiger partial charge in [-0.1, -0.05) is 18.1 Å². The van der Waals surface area contributed by atoms with Crippen LogP contribution >= 0.6 is 0 Å². The number of rotatable bonds is 3. The smallest absolute Gasteiger partial charge is 0.0720 e. The molecule has 1 aliphatic rings. The second-order valence-electron chi connectivity index (χ2n) is 3.35. The van der Waals surface area contributed by atoms with Crippen molar-refractivity contribution in [3.05, 3.63) is 35.4 Å². The average Bonchev–Trinajstić information content (AvgIpc) is 2.99. The molecule has 1 saturated carbocycles. The molecule has 1 aliphatic carbocycles. The SMILES string of the molecule is C#Cc1ccc(COC2CC2)cc1. The van der Waals surface area contributed by atoms with Gasteiger partial charge in [-0.25, -0.2) is 0 Å². The van der Waals surface area contributed by atoms with E-state index in [4.69, 9.17) is 11.2 Å². The maximum atomic E-state index is 5.56. The van der Waals surface area contributed by atoms with Crippen molar-refractivity contribution in [3.8, 4) is 12.3 Å². The highest BCUT2D eigenvalue weighted by Gasteiger charge is 2.21. The Morgan fingerprint density at radius 2 is 2.00 bits per heavy atom. The molecule has 1 fully saturated rings. The highest BCUT2D eigenvalue weighted by molar-refractivity contribution is 5.33. The van der Waals surface area contributed by atoms with Gasteiger partial charge in [0.1, 0.15) is 0 Å². The number of ether oxygens (including phenoxy) is 1. The Bertz CT molecular complexity index is 314. The van der Waals surface area contributed by atoms with Crippen molar-refractivity contribution in [3.63, 3.8) is 0 Å². The van der Waals surface area contributed by atoms with Crippen LogP contribution < -0.4 is 0 Å². The van der Waals surface area contributed by atoms with Crippen molar-refractivity contribution < 1.29 is 4.74 Å². The zero-order valence-electron chi connectivity index (χ0n) is 7.49. The Kier molecular flexibility index (Phi) is 2.33. The summed E-state index contributed by atoms with van der Waals surface area (Å²) >= 11 is 0. The highest BCUT2D eigenvalue weighted by Crippen LogP contribution is 2.24. The van der Waals surface area contributed by atoms with E-state index in [9.17, 15) is 0 Å². The van der Waals surface area contributed by atoms with Crippen LogP contribution in [-0.4, -0.2) is 6.10 Å². The number of terminal acetylenes is 1. The highest BCUT2D eigenvalue weighted by atomic mass is 16.5. The first-order valence-electron chi connectivity index (χ1n) is 4.55. The monoisotopic (exact) mass is 172 g/mol. The summed E-state index contributed by atoms with van der Waals surface area (Å²) in [6.07, 6.45) is 8.22. The Labute approximate surface area is 78.7 Å². The van der Waals surface area contributed by atoms with E-state index in [1.54, 1.807) is 0 Å². The van der Waals surface area contributed by atoms with Crippen LogP contribution in [0.1, 0.15) is 24.0 Å². The van der Waals surface area contributed by atoms with Gasteiger partial charge in [-0.05, 0) is 30.5 Å². The van der Waals surface area contributed by atoms with Crippen molar-refractivity contribution in [2.75, 3.05) is 0 Å². The first-order chi connectivity index (χ1) is 6.38. The molecule has 0 spiro atoms. The van der Waals surface area contributed by atoms with Crippen LogP contribution in [0.3, 0.4) is 0 Å². The fourth-order valence-corrected chi connectivity index (χ4v) is 1.15. The minimum atomic E-state index is 0.521. The molecule has 1 heteroatoms. The van der Waals surface area contributed by atoms with Crippen LogP contribution in [0.4, 0.5) is 0 Å². The van der Waals surface area contributed by atoms with Gasteiger partial charge in [0.25, 0.3) is 0 Å². The first kappa shape index (κ1) is 8.34. The molecule has 0 aliphatic heterocycles. The predicted molar refractivity (Wildman–Crippen MR) is 52.2 cm³/mol. The van der Waals surface area contributed by atoms with Crippen LogP contribution in [-0.2, 0) is 11.3 Å². The summed E-state index contributed by atoms with van der Waals surface area (Å²) in [4.78, 5) is 0. The van der Waals surface area contributed by atoms with Crippen LogP contribution in [0.25, 0.3) is 0 Å². The van der Waals surface area contributed by atoms with Gasteiger partial charge in [0.05, 0.1) is 12.7 Å². The molecule has 0 unspecified atom stereocenters. The molecule has 0 aromatic heterocycles. The van der Waals surface area contributed by atoms with Crippen molar-refractivity contribution in [1.29, 1.82) is 0 Å². The van der Waals surface area contributed by atoms with Crippen LogP contribution in [0.15, 0.2) is 24.3 Å². The number of hydrogen-bond acceptors (Lipinski definition) is 1. The molecule has 0 atom stereocenters. The molecule has 0 heterocycles. The Morgan fingerprint density at radius 3 is 2.54 bits per heavy atom. The maximum Gasteiger partial charge on any atom is 0.0720 e. The zero-order valence-corrected chi connectivity index (χ0v) is 7.49. The van der Waals surface area contributed by atoms with Crippen molar-refractivity contribution in [2.45, 2.75) is 25.6 Å². The van der Waals surface area contributed by atoms with E-state index < -0.39 is 0 Å². The topological polar surface area (TPSA) is 9.23 Å². The summed E-state index contributed by atoms with van der Waals surface area (Å²) < 4.78 is 5.56. The van der Waals surface area contributed by atoms with Gasteiger partial charge in [-0.15, -0.1) is 6.42 Å². The lowest BCUT2D eigenvalue weighted by Crippen LogP contribution is -1.94. The zero-order chi connectivity index (χ0) is 9.10. The standard InChI is InChI=1S/C12H12O/c1-2-10-3-5-11(6-4-10)9-13-12-7-8-12/h1,3-6,12H,7-9H2. The largest absolute Gasteiger partial charge is 0.374 e. The van der Waals surface area contributed by atoms with Gasteiger partial charge in [-0.2, -0.15) is 0 Å². The summed E-state index contributed by atoms with van der Waals surface area (Å²) in [5, 5.41) is 0. The molecule has 66 valence electrons. The molecular weight excluding hydrogens is 160 g/mol. The lowest BCUT2D eigenvalue weighted by Gasteiger charge is -2.01. The Balaban J connectivity index is 1.93. The predicted octanol–water partition coefficient (Wildman–Crippen LogP) is 2.35. The molecular formula is C12H12O. The average molecular weight is 172 g/mol. The summed E-state index contributed by atoms with van der Waals surface area (Å²) in [7, 11) is 0.